The van der Waals surface area contributed by atoms with Gasteiger partial charge >= 0.3 is 6.03 Å². The summed E-state index contributed by atoms with van der Waals surface area (Å²) in [6.07, 6.45) is 3.89. The molecule has 2 amide bonds. The Kier molecular flexibility index (Phi) is 6.51. The predicted molar refractivity (Wildman–Crippen MR) is 122 cm³/mol. The van der Waals surface area contributed by atoms with Crippen molar-refractivity contribution in [2.45, 2.75) is 37.8 Å². The van der Waals surface area contributed by atoms with Gasteiger partial charge in [-0.3, -0.25) is 4.90 Å². The van der Waals surface area contributed by atoms with Gasteiger partial charge in [-0.25, -0.2) is 9.78 Å². The van der Waals surface area contributed by atoms with Gasteiger partial charge in [-0.15, -0.1) is 0 Å². The zero-order chi connectivity index (χ0) is 21.3. The van der Waals surface area contributed by atoms with Crippen LogP contribution in [0.3, 0.4) is 0 Å². The molecule has 0 bridgehead atoms. The summed E-state index contributed by atoms with van der Waals surface area (Å²) >= 11 is 10.0. The fourth-order valence-electron chi connectivity index (χ4n) is 4.42. The Balaban J connectivity index is 1.55. The van der Waals surface area contributed by atoms with Crippen molar-refractivity contribution in [2.75, 3.05) is 27.2 Å². The lowest BCUT2D eigenvalue weighted by atomic mass is 10.0. The molecule has 1 aromatic heterocycles. The summed E-state index contributed by atoms with van der Waals surface area (Å²) in [5.74, 6) is 0.670. The Labute approximate surface area is 190 Å². The first-order valence-corrected chi connectivity index (χ1v) is 11.4. The maximum absolute atomic E-state index is 11.5. The second-order valence-corrected chi connectivity index (χ2v) is 9.13. The van der Waals surface area contributed by atoms with Gasteiger partial charge < -0.3 is 15.4 Å². The molecule has 8 heteroatoms. The highest BCUT2D eigenvalue weighted by molar-refractivity contribution is 9.10. The number of amides is 2. The van der Waals surface area contributed by atoms with Crippen LogP contribution in [0.15, 0.2) is 28.7 Å². The minimum absolute atomic E-state index is 0.0651. The highest BCUT2D eigenvalue weighted by Gasteiger charge is 2.31. The summed E-state index contributed by atoms with van der Waals surface area (Å²) in [4.78, 5) is 18.7. The quantitative estimate of drug-likeness (QED) is 0.619. The number of pyridine rings is 1. The second kappa shape index (κ2) is 9.12. The van der Waals surface area contributed by atoms with Crippen molar-refractivity contribution in [1.29, 1.82) is 0 Å². The van der Waals surface area contributed by atoms with Gasteiger partial charge in [0, 0.05) is 40.8 Å². The molecule has 2 aliphatic rings. The van der Waals surface area contributed by atoms with Crippen LogP contribution in [0.25, 0.3) is 11.3 Å². The molecular formula is C22H26BrClN4O2. The number of benzene rings is 1. The van der Waals surface area contributed by atoms with Gasteiger partial charge in [0.15, 0.2) is 0 Å². The van der Waals surface area contributed by atoms with E-state index in [4.69, 9.17) is 21.3 Å². The van der Waals surface area contributed by atoms with E-state index in [1.807, 2.05) is 18.2 Å². The van der Waals surface area contributed by atoms with Crippen LogP contribution in [0.1, 0.15) is 36.4 Å². The number of hydrogen-bond acceptors (Lipinski definition) is 4. The number of methoxy groups -OCH3 is 1. The van der Waals surface area contributed by atoms with Gasteiger partial charge in [0.25, 0.3) is 0 Å². The lowest BCUT2D eigenvalue weighted by molar-refractivity contribution is 0.208. The summed E-state index contributed by atoms with van der Waals surface area (Å²) in [6, 6.07) is 8.42. The van der Waals surface area contributed by atoms with E-state index in [1.165, 1.54) is 11.1 Å². The molecule has 0 saturated carbocycles. The molecule has 2 N–H and O–H groups in total. The molecule has 4 rings (SSSR count). The molecule has 1 aromatic carbocycles. The third-order valence-corrected chi connectivity index (χ3v) is 7.32. The van der Waals surface area contributed by atoms with Crippen LogP contribution < -0.4 is 15.4 Å². The average Bonchev–Trinajstić information content (AvgIpc) is 3.17. The Morgan fingerprint density at radius 3 is 2.97 bits per heavy atom. The first kappa shape index (κ1) is 21.4. The molecule has 6 nitrogen and oxygen atoms in total. The van der Waals surface area contributed by atoms with Gasteiger partial charge in [-0.2, -0.15) is 0 Å². The van der Waals surface area contributed by atoms with Crippen LogP contribution in [0.5, 0.6) is 5.88 Å². The maximum Gasteiger partial charge on any atom is 0.315 e. The number of carbonyl (C=O) groups is 1. The van der Waals surface area contributed by atoms with Gasteiger partial charge in [0.05, 0.1) is 17.8 Å². The van der Waals surface area contributed by atoms with Crippen LogP contribution in [0.4, 0.5) is 4.79 Å². The van der Waals surface area contributed by atoms with Crippen molar-refractivity contribution < 1.29 is 9.53 Å². The normalized spacial score (nSPS) is 20.6. The number of ether oxygens (including phenoxy) is 1. The molecule has 0 spiro atoms. The molecule has 160 valence electrons. The number of nitrogens with zero attached hydrogens (tertiary/aromatic N) is 2. The van der Waals surface area contributed by atoms with Crippen molar-refractivity contribution >= 4 is 33.6 Å². The van der Waals surface area contributed by atoms with Gasteiger partial charge in [-0.1, -0.05) is 23.7 Å². The van der Waals surface area contributed by atoms with E-state index < -0.39 is 0 Å². The fraction of sp³-hybridized carbons (Fsp3) is 0.455. The van der Waals surface area contributed by atoms with E-state index >= 15 is 0 Å². The molecule has 1 aliphatic carbocycles. The van der Waals surface area contributed by atoms with E-state index in [-0.39, 0.29) is 18.1 Å². The molecule has 2 aromatic rings. The summed E-state index contributed by atoms with van der Waals surface area (Å²) < 4.78 is 6.57. The SMILES string of the molecule is COc1nc(-c2cccc(Br)c2Cl)cc2c1[C@@H](N(C)CCC1CCNC(=O)N1)CC2. The van der Waals surface area contributed by atoms with Crippen molar-refractivity contribution in [2.24, 2.45) is 0 Å². The second-order valence-electron chi connectivity index (χ2n) is 7.90. The Morgan fingerprint density at radius 1 is 1.37 bits per heavy atom. The summed E-state index contributed by atoms with van der Waals surface area (Å²) in [6.45, 7) is 1.64. The Morgan fingerprint density at radius 2 is 2.20 bits per heavy atom. The highest BCUT2D eigenvalue weighted by atomic mass is 79.9. The molecule has 0 radical (unpaired) electrons. The number of rotatable bonds is 6. The predicted octanol–water partition coefficient (Wildman–Crippen LogP) is 4.55. The van der Waals surface area contributed by atoms with E-state index in [9.17, 15) is 4.79 Å². The Hall–Kier alpha value is -1.83. The van der Waals surface area contributed by atoms with Crippen molar-refractivity contribution in [3.05, 3.63) is 44.9 Å². The van der Waals surface area contributed by atoms with Crippen LogP contribution in [-0.4, -0.2) is 49.2 Å². The van der Waals surface area contributed by atoms with E-state index in [0.29, 0.717) is 10.9 Å². The summed E-state index contributed by atoms with van der Waals surface area (Å²) in [5, 5.41) is 6.47. The number of fused-ring (bicyclic) bond motifs is 1. The zero-order valence-electron chi connectivity index (χ0n) is 17.2. The number of aromatic nitrogens is 1. The number of aryl methyl sites for hydroxylation is 1. The van der Waals surface area contributed by atoms with Gasteiger partial charge in [0.1, 0.15) is 0 Å². The first-order chi connectivity index (χ1) is 14.5. The molecule has 1 unspecified atom stereocenters. The third-order valence-electron chi connectivity index (χ3n) is 6.03. The average molecular weight is 494 g/mol. The molecular weight excluding hydrogens is 468 g/mol. The van der Waals surface area contributed by atoms with Crippen molar-refractivity contribution in [3.63, 3.8) is 0 Å². The van der Waals surface area contributed by atoms with Crippen LogP contribution in [0, 0.1) is 0 Å². The topological polar surface area (TPSA) is 66.5 Å². The standard InChI is InChI=1S/C22H26BrClN4O2/c1-28(11-9-14-8-10-25-22(29)26-14)18-7-6-13-12-17(27-21(30-2)19(13)18)15-4-3-5-16(23)20(15)24/h3-5,12,14,18H,6-11H2,1-2H3,(H2,25,26,29)/t14?,18-/m0/s1. The summed E-state index contributed by atoms with van der Waals surface area (Å²) in [7, 11) is 3.82. The molecule has 1 fully saturated rings. The largest absolute Gasteiger partial charge is 0.481 e. The fourth-order valence-corrected chi connectivity index (χ4v) is 5.01. The molecule has 2 heterocycles. The Bertz CT molecular complexity index is 955. The zero-order valence-corrected chi connectivity index (χ0v) is 19.5. The number of nitrogens with one attached hydrogen (secondary N) is 2. The minimum Gasteiger partial charge on any atom is -0.481 e. The van der Waals surface area contributed by atoms with Crippen molar-refractivity contribution in [1.82, 2.24) is 20.5 Å². The van der Waals surface area contributed by atoms with Crippen LogP contribution >= 0.6 is 27.5 Å². The lowest BCUT2D eigenvalue weighted by Crippen LogP contribution is -2.50. The van der Waals surface area contributed by atoms with Crippen LogP contribution in [0.2, 0.25) is 5.02 Å². The summed E-state index contributed by atoms with van der Waals surface area (Å²) in [5.41, 5.74) is 4.16. The molecule has 1 aliphatic heterocycles. The molecule has 2 atom stereocenters. The van der Waals surface area contributed by atoms with E-state index in [2.05, 4.69) is 44.6 Å². The first-order valence-electron chi connectivity index (χ1n) is 10.2. The molecule has 30 heavy (non-hydrogen) atoms. The number of halogens is 2. The monoisotopic (exact) mass is 492 g/mol. The third kappa shape index (κ3) is 4.29. The smallest absolute Gasteiger partial charge is 0.315 e. The van der Waals surface area contributed by atoms with E-state index in [0.717, 1.165) is 54.5 Å². The van der Waals surface area contributed by atoms with Gasteiger partial charge in [-0.05, 0) is 66.4 Å². The van der Waals surface area contributed by atoms with Crippen molar-refractivity contribution in [3.8, 4) is 17.1 Å². The minimum atomic E-state index is -0.0651. The maximum atomic E-state index is 11.5. The number of carbonyl (C=O) groups excluding carboxylic acids is 1. The molecule has 1 saturated heterocycles. The van der Waals surface area contributed by atoms with Gasteiger partial charge in [0.2, 0.25) is 5.88 Å². The number of urea groups is 1. The van der Waals surface area contributed by atoms with E-state index in [1.54, 1.807) is 7.11 Å². The lowest BCUT2D eigenvalue weighted by Gasteiger charge is -2.30. The van der Waals surface area contributed by atoms with Crippen LogP contribution in [-0.2, 0) is 6.42 Å². The highest BCUT2D eigenvalue weighted by Crippen LogP contribution is 2.43. The number of hydrogen-bond donors (Lipinski definition) is 2.